The minimum atomic E-state index is -3.95. The standard InChI is InChI=1S/C10H12N6O4S/c1-5(9-12-15-16-13-9)14-21(19,20)8-3-2-6(10(17)18)4-7(8)11/h2-5,14H,11H2,1H3,(H,17,18)(H,12,13,15,16). The van der Waals surface area contributed by atoms with Crippen LogP contribution in [0.5, 0.6) is 0 Å². The first-order chi connectivity index (χ1) is 9.81. The summed E-state index contributed by atoms with van der Waals surface area (Å²) < 4.78 is 26.8. The van der Waals surface area contributed by atoms with Crippen LogP contribution >= 0.6 is 0 Å². The van der Waals surface area contributed by atoms with Gasteiger partial charge >= 0.3 is 5.97 Å². The maximum atomic E-state index is 12.2. The third-order valence-corrected chi connectivity index (χ3v) is 4.24. The molecule has 0 radical (unpaired) electrons. The molecule has 1 aromatic carbocycles. The van der Waals surface area contributed by atoms with Gasteiger partial charge in [0.25, 0.3) is 0 Å². The highest BCUT2D eigenvalue weighted by Gasteiger charge is 2.23. The van der Waals surface area contributed by atoms with Gasteiger partial charge < -0.3 is 10.8 Å². The second-order valence-electron chi connectivity index (χ2n) is 4.17. The number of anilines is 1. The number of nitrogens with two attached hydrogens (primary N) is 1. The zero-order chi connectivity index (χ0) is 15.6. The second-order valence-corrected chi connectivity index (χ2v) is 5.85. The SMILES string of the molecule is CC(NS(=O)(=O)c1ccc(C(=O)O)cc1N)c1nn[nH]n1. The molecule has 0 fully saturated rings. The summed E-state index contributed by atoms with van der Waals surface area (Å²) in [5.41, 5.74) is 5.34. The minimum Gasteiger partial charge on any atom is -0.478 e. The number of nitrogen functional groups attached to an aromatic ring is 1. The molecule has 1 aromatic heterocycles. The van der Waals surface area contributed by atoms with E-state index in [1.807, 2.05) is 0 Å². The molecule has 1 heterocycles. The van der Waals surface area contributed by atoms with Gasteiger partial charge in [-0.3, -0.25) is 0 Å². The Labute approximate surface area is 119 Å². The Morgan fingerprint density at radius 3 is 2.71 bits per heavy atom. The van der Waals surface area contributed by atoms with E-state index >= 15 is 0 Å². The van der Waals surface area contributed by atoms with E-state index in [-0.39, 0.29) is 22.0 Å². The maximum Gasteiger partial charge on any atom is 0.335 e. The summed E-state index contributed by atoms with van der Waals surface area (Å²) >= 11 is 0. The number of benzene rings is 1. The van der Waals surface area contributed by atoms with Gasteiger partial charge in [-0.25, -0.2) is 17.9 Å². The molecule has 0 aliphatic rings. The Bertz CT molecular complexity index is 758. The molecule has 0 bridgehead atoms. The van der Waals surface area contributed by atoms with Crippen molar-refractivity contribution in [3.8, 4) is 0 Å². The van der Waals surface area contributed by atoms with Gasteiger partial charge in [-0.2, -0.15) is 5.21 Å². The van der Waals surface area contributed by atoms with Gasteiger partial charge in [-0.15, -0.1) is 10.2 Å². The number of carboxylic acid groups (broad SMARTS) is 1. The zero-order valence-electron chi connectivity index (χ0n) is 10.8. The lowest BCUT2D eigenvalue weighted by Crippen LogP contribution is -2.28. The number of aromatic amines is 1. The van der Waals surface area contributed by atoms with Crippen LogP contribution in [0.25, 0.3) is 0 Å². The average molecular weight is 312 g/mol. The van der Waals surface area contributed by atoms with Crippen molar-refractivity contribution < 1.29 is 18.3 Å². The predicted molar refractivity (Wildman–Crippen MR) is 70.7 cm³/mol. The third-order valence-electron chi connectivity index (χ3n) is 2.63. The number of rotatable bonds is 5. The van der Waals surface area contributed by atoms with Crippen molar-refractivity contribution >= 4 is 21.7 Å². The smallest absolute Gasteiger partial charge is 0.335 e. The van der Waals surface area contributed by atoms with Crippen LogP contribution < -0.4 is 10.5 Å². The van der Waals surface area contributed by atoms with E-state index < -0.39 is 22.0 Å². The van der Waals surface area contributed by atoms with E-state index in [0.29, 0.717) is 0 Å². The Hall–Kier alpha value is -2.53. The van der Waals surface area contributed by atoms with Crippen LogP contribution in [0.3, 0.4) is 0 Å². The van der Waals surface area contributed by atoms with Crippen LogP contribution in [0.1, 0.15) is 29.1 Å². The highest BCUT2D eigenvalue weighted by molar-refractivity contribution is 7.89. The van der Waals surface area contributed by atoms with Gasteiger partial charge in [0.2, 0.25) is 10.0 Å². The summed E-state index contributed by atoms with van der Waals surface area (Å²) in [4.78, 5) is 10.6. The normalized spacial score (nSPS) is 13.0. The Morgan fingerprint density at radius 1 is 1.48 bits per heavy atom. The van der Waals surface area contributed by atoms with Crippen molar-refractivity contribution in [2.75, 3.05) is 5.73 Å². The first kappa shape index (κ1) is 14.9. The molecule has 21 heavy (non-hydrogen) atoms. The van der Waals surface area contributed by atoms with E-state index in [0.717, 1.165) is 18.2 Å². The molecule has 2 aromatic rings. The highest BCUT2D eigenvalue weighted by Crippen LogP contribution is 2.21. The van der Waals surface area contributed by atoms with Gasteiger partial charge in [0.05, 0.1) is 17.3 Å². The molecule has 0 spiro atoms. The van der Waals surface area contributed by atoms with Gasteiger partial charge in [0, 0.05) is 0 Å². The number of hydrogen-bond donors (Lipinski definition) is 4. The lowest BCUT2D eigenvalue weighted by Gasteiger charge is -2.12. The van der Waals surface area contributed by atoms with E-state index in [1.54, 1.807) is 0 Å². The van der Waals surface area contributed by atoms with Crippen molar-refractivity contribution in [1.29, 1.82) is 0 Å². The molecule has 112 valence electrons. The van der Waals surface area contributed by atoms with E-state index in [9.17, 15) is 13.2 Å². The fourth-order valence-electron chi connectivity index (χ4n) is 1.63. The largest absolute Gasteiger partial charge is 0.478 e. The average Bonchev–Trinajstić information content (AvgIpc) is 2.91. The molecule has 0 saturated heterocycles. The van der Waals surface area contributed by atoms with Gasteiger partial charge in [-0.1, -0.05) is 5.21 Å². The van der Waals surface area contributed by atoms with E-state index in [1.165, 1.54) is 6.92 Å². The topological polar surface area (TPSA) is 164 Å². The molecule has 11 heteroatoms. The summed E-state index contributed by atoms with van der Waals surface area (Å²) in [6.07, 6.45) is 0. The van der Waals surface area contributed by atoms with Gasteiger partial charge in [0.15, 0.2) is 5.82 Å². The lowest BCUT2D eigenvalue weighted by atomic mass is 10.2. The number of aromatic nitrogens is 4. The third kappa shape index (κ3) is 3.14. The summed E-state index contributed by atoms with van der Waals surface area (Å²) in [6.45, 7) is 1.53. The van der Waals surface area contributed by atoms with Gasteiger partial charge in [0.1, 0.15) is 4.90 Å². The van der Waals surface area contributed by atoms with Crippen LogP contribution in [-0.2, 0) is 10.0 Å². The van der Waals surface area contributed by atoms with Crippen molar-refractivity contribution in [2.45, 2.75) is 17.9 Å². The molecule has 1 atom stereocenters. The molecule has 2 rings (SSSR count). The predicted octanol–water partition coefficient (Wildman–Crippen LogP) is -0.480. The minimum absolute atomic E-state index is 0.0994. The first-order valence-corrected chi connectivity index (χ1v) is 7.18. The summed E-state index contributed by atoms with van der Waals surface area (Å²) in [6, 6.07) is 2.64. The van der Waals surface area contributed by atoms with Crippen LogP contribution in [0.15, 0.2) is 23.1 Å². The lowest BCUT2D eigenvalue weighted by molar-refractivity contribution is 0.0697. The Balaban J connectivity index is 2.29. The molecule has 0 aliphatic carbocycles. The fourth-order valence-corrected chi connectivity index (χ4v) is 2.94. The molecule has 0 aliphatic heterocycles. The van der Waals surface area contributed by atoms with Crippen molar-refractivity contribution in [1.82, 2.24) is 25.3 Å². The first-order valence-electron chi connectivity index (χ1n) is 5.70. The molecule has 0 amide bonds. The highest BCUT2D eigenvalue weighted by atomic mass is 32.2. The van der Waals surface area contributed by atoms with E-state index in [4.69, 9.17) is 10.8 Å². The molecular formula is C10H12N6O4S. The van der Waals surface area contributed by atoms with Crippen LogP contribution in [0.4, 0.5) is 5.69 Å². The fraction of sp³-hybridized carbons (Fsp3) is 0.200. The molecular weight excluding hydrogens is 300 g/mol. The summed E-state index contributed by atoms with van der Waals surface area (Å²) in [5, 5.41) is 21.7. The number of H-pyrrole nitrogens is 1. The molecule has 10 nitrogen and oxygen atoms in total. The summed E-state index contributed by atoms with van der Waals surface area (Å²) in [7, 11) is -3.95. The quantitative estimate of drug-likeness (QED) is 0.537. The van der Waals surface area contributed by atoms with Crippen molar-refractivity contribution in [2.24, 2.45) is 0 Å². The monoisotopic (exact) mass is 312 g/mol. The van der Waals surface area contributed by atoms with Crippen molar-refractivity contribution in [3.63, 3.8) is 0 Å². The van der Waals surface area contributed by atoms with Crippen LogP contribution in [0.2, 0.25) is 0 Å². The molecule has 1 unspecified atom stereocenters. The Kier molecular flexibility index (Phi) is 3.86. The molecule has 0 saturated carbocycles. The van der Waals surface area contributed by atoms with Gasteiger partial charge in [-0.05, 0) is 25.1 Å². The van der Waals surface area contributed by atoms with Crippen molar-refractivity contribution in [3.05, 3.63) is 29.6 Å². The van der Waals surface area contributed by atoms with Crippen LogP contribution in [0, 0.1) is 0 Å². The number of hydrogen-bond acceptors (Lipinski definition) is 7. The Morgan fingerprint density at radius 2 is 2.19 bits per heavy atom. The second kappa shape index (κ2) is 5.46. The number of carboxylic acids is 1. The number of nitrogens with one attached hydrogen (secondary N) is 2. The molecule has 5 N–H and O–H groups in total. The summed E-state index contributed by atoms with van der Waals surface area (Å²) in [5.74, 6) is -1.03. The number of tetrazole rings is 1. The number of nitrogens with zero attached hydrogens (tertiary/aromatic N) is 3. The maximum absolute atomic E-state index is 12.2. The van der Waals surface area contributed by atoms with E-state index in [2.05, 4.69) is 25.3 Å². The number of aromatic carboxylic acids is 1. The number of sulfonamides is 1. The zero-order valence-corrected chi connectivity index (χ0v) is 11.6. The van der Waals surface area contributed by atoms with Crippen LogP contribution in [-0.4, -0.2) is 40.1 Å². The number of carbonyl (C=O) groups is 1.